The Balaban J connectivity index is 1.60. The van der Waals surface area contributed by atoms with Gasteiger partial charge in [0.2, 0.25) is 5.91 Å². The minimum absolute atomic E-state index is 0.147. The van der Waals surface area contributed by atoms with Crippen LogP contribution in [0.1, 0.15) is 37.8 Å². The van der Waals surface area contributed by atoms with Crippen LogP contribution >= 0.6 is 0 Å². The first-order valence-corrected chi connectivity index (χ1v) is 11.9. The summed E-state index contributed by atoms with van der Waals surface area (Å²) in [6, 6.07) is 12.6. The second-order valence-corrected chi connectivity index (χ2v) is 10.6. The van der Waals surface area contributed by atoms with Crippen molar-refractivity contribution in [3.8, 4) is 0 Å². The van der Waals surface area contributed by atoms with Crippen LogP contribution in [0.15, 0.2) is 47.4 Å². The molecule has 0 radical (unpaired) electrons. The van der Waals surface area contributed by atoms with Crippen molar-refractivity contribution in [3.63, 3.8) is 0 Å². The number of rotatable bonds is 5. The Bertz CT molecular complexity index is 1070. The quantitative estimate of drug-likeness (QED) is 0.793. The van der Waals surface area contributed by atoms with Crippen LogP contribution in [-0.2, 0) is 20.2 Å². The van der Waals surface area contributed by atoms with Gasteiger partial charge in [0.05, 0.1) is 17.1 Å². The molecular weight excluding hydrogens is 398 g/mol. The summed E-state index contributed by atoms with van der Waals surface area (Å²) in [4.78, 5) is 16.9. The number of amides is 1. The molecule has 0 atom stereocenters. The summed E-state index contributed by atoms with van der Waals surface area (Å²) in [7, 11) is -3.70. The molecule has 160 valence electrons. The molecule has 2 aliphatic rings. The smallest absolute Gasteiger partial charge is 0.261 e. The number of carbonyl (C=O) groups is 1. The second kappa shape index (κ2) is 7.61. The summed E-state index contributed by atoms with van der Waals surface area (Å²) >= 11 is 0. The molecule has 0 spiro atoms. The average Bonchev–Trinajstić information content (AvgIpc) is 3.31. The first kappa shape index (κ1) is 20.7. The number of benzene rings is 2. The van der Waals surface area contributed by atoms with E-state index in [0.29, 0.717) is 18.8 Å². The highest BCUT2D eigenvalue weighted by Gasteiger charge is 2.37. The summed E-state index contributed by atoms with van der Waals surface area (Å²) in [6.07, 6.45) is 2.14. The third-order valence-corrected chi connectivity index (χ3v) is 7.47. The number of para-hydroxylation sites is 1. The Labute approximate surface area is 178 Å². The lowest BCUT2D eigenvalue weighted by Crippen LogP contribution is -2.40. The van der Waals surface area contributed by atoms with E-state index >= 15 is 0 Å². The van der Waals surface area contributed by atoms with E-state index in [0.717, 1.165) is 42.7 Å². The molecule has 2 heterocycles. The normalized spacial score (nSPS) is 17.8. The van der Waals surface area contributed by atoms with E-state index in [1.165, 1.54) is 0 Å². The van der Waals surface area contributed by atoms with Crippen molar-refractivity contribution in [1.29, 1.82) is 0 Å². The maximum atomic E-state index is 13.0. The fraction of sp³-hybridized carbons (Fsp3) is 0.435. The van der Waals surface area contributed by atoms with Crippen molar-refractivity contribution < 1.29 is 13.2 Å². The maximum absolute atomic E-state index is 13.0. The van der Waals surface area contributed by atoms with Gasteiger partial charge in [-0.05, 0) is 55.2 Å². The summed E-state index contributed by atoms with van der Waals surface area (Å²) in [6.45, 7) is 8.77. The Morgan fingerprint density at radius 2 is 1.80 bits per heavy atom. The van der Waals surface area contributed by atoms with E-state index in [9.17, 15) is 13.2 Å². The Morgan fingerprint density at radius 1 is 1.10 bits per heavy atom. The topological polar surface area (TPSA) is 69.7 Å². The van der Waals surface area contributed by atoms with E-state index in [-0.39, 0.29) is 16.2 Å². The van der Waals surface area contributed by atoms with Crippen LogP contribution in [0.5, 0.6) is 0 Å². The van der Waals surface area contributed by atoms with Gasteiger partial charge in [-0.1, -0.05) is 32.0 Å². The number of aryl methyl sites for hydroxylation is 1. The predicted octanol–water partition coefficient (Wildman–Crippen LogP) is 3.52. The van der Waals surface area contributed by atoms with E-state index in [1.807, 2.05) is 36.1 Å². The summed E-state index contributed by atoms with van der Waals surface area (Å²) in [5.74, 6) is 0.147. The molecule has 0 saturated carbocycles. The zero-order chi connectivity index (χ0) is 21.5. The molecule has 0 unspecified atom stereocenters. The lowest BCUT2D eigenvalue weighted by Gasteiger charge is -2.24. The van der Waals surface area contributed by atoms with Gasteiger partial charge >= 0.3 is 0 Å². The molecule has 7 heteroatoms. The molecule has 2 aliphatic heterocycles. The number of fused-ring (bicyclic) bond motifs is 1. The van der Waals surface area contributed by atoms with Crippen molar-refractivity contribution in [1.82, 2.24) is 4.90 Å². The third-order valence-electron chi connectivity index (χ3n) is 6.11. The van der Waals surface area contributed by atoms with E-state index in [2.05, 4.69) is 23.5 Å². The van der Waals surface area contributed by atoms with E-state index < -0.39 is 10.0 Å². The average molecular weight is 428 g/mol. The lowest BCUT2D eigenvalue weighted by molar-refractivity contribution is -0.128. The molecule has 2 aromatic rings. The van der Waals surface area contributed by atoms with Crippen molar-refractivity contribution in [3.05, 3.63) is 53.6 Å². The van der Waals surface area contributed by atoms with Crippen molar-refractivity contribution >= 4 is 27.3 Å². The van der Waals surface area contributed by atoms with Crippen molar-refractivity contribution in [2.45, 2.75) is 43.9 Å². The van der Waals surface area contributed by atoms with Crippen molar-refractivity contribution in [2.75, 3.05) is 35.8 Å². The Kier molecular flexibility index (Phi) is 5.26. The van der Waals surface area contributed by atoms with Crippen molar-refractivity contribution in [2.24, 2.45) is 0 Å². The molecule has 0 bridgehead atoms. The van der Waals surface area contributed by atoms with Crippen LogP contribution in [0, 0.1) is 6.92 Å². The third kappa shape index (κ3) is 3.90. The second-order valence-electron chi connectivity index (χ2n) is 8.93. The molecule has 1 amide bonds. The van der Waals surface area contributed by atoms with Gasteiger partial charge in [0.15, 0.2) is 0 Å². The molecular formula is C23H29N3O3S. The number of likely N-dealkylation sites (tertiary alicyclic amines) is 1. The Morgan fingerprint density at radius 3 is 2.50 bits per heavy atom. The van der Waals surface area contributed by atoms with E-state index in [1.54, 1.807) is 18.2 Å². The standard InChI is InChI=1S/C23H29N3O3S/c1-17-8-4-5-9-20(17)24-30(28,29)18-10-11-21-19(14-18)23(2,3)16-26(21)15-22(27)25-12-6-7-13-25/h4-5,8-11,14,24H,6-7,12-13,15-16H2,1-3H3. The molecule has 1 saturated heterocycles. The molecule has 30 heavy (non-hydrogen) atoms. The van der Waals surface area contributed by atoms with Gasteiger partial charge in [0.1, 0.15) is 0 Å². The predicted molar refractivity (Wildman–Crippen MR) is 119 cm³/mol. The number of carbonyl (C=O) groups excluding carboxylic acids is 1. The largest absolute Gasteiger partial charge is 0.361 e. The van der Waals surface area contributed by atoms with Gasteiger partial charge in [0, 0.05) is 30.7 Å². The Hall–Kier alpha value is -2.54. The highest BCUT2D eigenvalue weighted by molar-refractivity contribution is 7.92. The van der Waals surface area contributed by atoms with Crippen LogP contribution in [0.25, 0.3) is 0 Å². The number of nitrogens with zero attached hydrogens (tertiary/aromatic N) is 2. The highest BCUT2D eigenvalue weighted by Crippen LogP contribution is 2.41. The maximum Gasteiger partial charge on any atom is 0.261 e. The van der Waals surface area contributed by atoms with Crippen LogP contribution in [0.2, 0.25) is 0 Å². The van der Waals surface area contributed by atoms with Crippen LogP contribution < -0.4 is 9.62 Å². The van der Waals surface area contributed by atoms with Gasteiger partial charge < -0.3 is 9.80 Å². The molecule has 0 aliphatic carbocycles. The van der Waals surface area contributed by atoms with Gasteiger partial charge in [-0.25, -0.2) is 8.42 Å². The zero-order valence-corrected chi connectivity index (χ0v) is 18.6. The first-order chi connectivity index (χ1) is 14.2. The highest BCUT2D eigenvalue weighted by atomic mass is 32.2. The molecule has 0 aromatic heterocycles. The fourth-order valence-electron chi connectivity index (χ4n) is 4.41. The van der Waals surface area contributed by atoms with Crippen LogP contribution in [0.3, 0.4) is 0 Å². The monoisotopic (exact) mass is 427 g/mol. The summed E-state index contributed by atoms with van der Waals surface area (Å²) < 4.78 is 28.7. The summed E-state index contributed by atoms with van der Waals surface area (Å²) in [5, 5.41) is 0. The molecule has 4 rings (SSSR count). The SMILES string of the molecule is Cc1ccccc1NS(=O)(=O)c1ccc2c(c1)C(C)(C)CN2CC(=O)N1CCCC1. The summed E-state index contributed by atoms with van der Waals surface area (Å²) in [5.41, 5.74) is 3.12. The van der Waals surface area contributed by atoms with Crippen LogP contribution in [0.4, 0.5) is 11.4 Å². The number of hydrogen-bond acceptors (Lipinski definition) is 4. The number of anilines is 2. The number of nitrogens with one attached hydrogen (secondary N) is 1. The van der Waals surface area contributed by atoms with Gasteiger partial charge in [-0.15, -0.1) is 0 Å². The number of hydrogen-bond donors (Lipinski definition) is 1. The minimum atomic E-state index is -3.70. The fourth-order valence-corrected chi connectivity index (χ4v) is 5.57. The molecule has 2 aromatic carbocycles. The lowest BCUT2D eigenvalue weighted by atomic mass is 9.87. The molecule has 6 nitrogen and oxygen atoms in total. The first-order valence-electron chi connectivity index (χ1n) is 10.4. The number of sulfonamides is 1. The van der Waals surface area contributed by atoms with Gasteiger partial charge in [-0.3, -0.25) is 9.52 Å². The van der Waals surface area contributed by atoms with Gasteiger partial charge in [0.25, 0.3) is 10.0 Å². The zero-order valence-electron chi connectivity index (χ0n) is 17.8. The van der Waals surface area contributed by atoms with E-state index in [4.69, 9.17) is 0 Å². The molecule has 1 fully saturated rings. The van der Waals surface area contributed by atoms with Crippen LogP contribution in [-0.4, -0.2) is 45.4 Å². The van der Waals surface area contributed by atoms with Gasteiger partial charge in [-0.2, -0.15) is 0 Å². The minimum Gasteiger partial charge on any atom is -0.361 e. The molecule has 1 N–H and O–H groups in total.